The molecule has 2 aromatic rings. The molecule has 1 amide bonds. The van der Waals surface area contributed by atoms with E-state index in [1.54, 1.807) is 30.3 Å². The van der Waals surface area contributed by atoms with Crippen LogP contribution in [0.25, 0.3) is 0 Å². The van der Waals surface area contributed by atoms with Crippen molar-refractivity contribution in [2.75, 3.05) is 6.54 Å². The van der Waals surface area contributed by atoms with Gasteiger partial charge in [-0.25, -0.2) is 18.6 Å². The molecule has 0 spiro atoms. The van der Waals surface area contributed by atoms with Gasteiger partial charge in [-0.1, -0.05) is 30.3 Å². The summed E-state index contributed by atoms with van der Waals surface area (Å²) in [6.07, 6.45) is 1.34. The minimum absolute atomic E-state index is 0.0795. The maximum absolute atomic E-state index is 11.9. The number of nitrogens with one attached hydrogen (secondary N) is 2. The average molecular weight is 333 g/mol. The molecule has 0 aliphatic carbocycles. The Bertz CT molecular complexity index is 804. The number of hydrogen-bond acceptors (Lipinski definition) is 5. The highest BCUT2D eigenvalue weighted by atomic mass is 32.2. The Labute approximate surface area is 133 Å². The van der Waals surface area contributed by atoms with Crippen molar-refractivity contribution in [1.29, 1.82) is 0 Å². The number of benzene rings is 2. The van der Waals surface area contributed by atoms with E-state index in [2.05, 4.69) is 15.2 Å². The highest BCUT2D eigenvalue weighted by molar-refractivity contribution is 7.89. The van der Waals surface area contributed by atoms with Crippen molar-refractivity contribution in [3.63, 3.8) is 0 Å². The Morgan fingerprint density at radius 1 is 1.13 bits per heavy atom. The van der Waals surface area contributed by atoms with Gasteiger partial charge in [0.25, 0.3) is 5.91 Å². The molecule has 0 bridgehead atoms. The van der Waals surface area contributed by atoms with E-state index >= 15 is 0 Å². The van der Waals surface area contributed by atoms with Crippen LogP contribution in [0.4, 0.5) is 0 Å². The van der Waals surface area contributed by atoms with Gasteiger partial charge in [-0.05, 0) is 29.8 Å². The molecular weight excluding hydrogens is 318 g/mol. The molecule has 0 aliphatic heterocycles. The SMILES string of the molecule is O=C(CNS(=O)(=O)c1ccccc1)N/N=C/c1cccc(O)c1. The summed E-state index contributed by atoms with van der Waals surface area (Å²) in [7, 11) is -3.73. The molecule has 0 saturated carbocycles. The van der Waals surface area contributed by atoms with Gasteiger partial charge in [-0.3, -0.25) is 4.79 Å². The lowest BCUT2D eigenvalue weighted by molar-refractivity contribution is -0.119. The standard InChI is InChI=1S/C15H15N3O4S/c19-13-6-4-5-12(9-13)10-16-18-15(20)11-17-23(21,22)14-7-2-1-3-8-14/h1-10,17,19H,11H2,(H,18,20)/b16-10+. The summed E-state index contributed by atoms with van der Waals surface area (Å²) >= 11 is 0. The lowest BCUT2D eigenvalue weighted by atomic mass is 10.2. The third-order valence-electron chi connectivity index (χ3n) is 2.75. The Hall–Kier alpha value is -2.71. The number of carbonyl (C=O) groups excluding carboxylic acids is 1. The van der Waals surface area contributed by atoms with Crippen molar-refractivity contribution in [2.45, 2.75) is 4.90 Å². The normalized spacial score (nSPS) is 11.5. The molecule has 120 valence electrons. The van der Waals surface area contributed by atoms with Crippen LogP contribution in [0.2, 0.25) is 0 Å². The van der Waals surface area contributed by atoms with Crippen LogP contribution in [-0.2, 0) is 14.8 Å². The van der Waals surface area contributed by atoms with E-state index in [4.69, 9.17) is 0 Å². The lowest BCUT2D eigenvalue weighted by Crippen LogP contribution is -2.34. The number of phenols is 1. The van der Waals surface area contributed by atoms with E-state index in [-0.39, 0.29) is 10.6 Å². The first-order chi connectivity index (χ1) is 11.0. The quantitative estimate of drug-likeness (QED) is 0.537. The van der Waals surface area contributed by atoms with Crippen LogP contribution in [-0.4, -0.2) is 32.2 Å². The molecule has 7 nitrogen and oxygen atoms in total. The van der Waals surface area contributed by atoms with Gasteiger partial charge in [-0.2, -0.15) is 5.10 Å². The number of aromatic hydroxyl groups is 1. The molecule has 0 aliphatic rings. The molecule has 0 radical (unpaired) electrons. The van der Waals surface area contributed by atoms with Gasteiger partial charge in [0.05, 0.1) is 17.7 Å². The van der Waals surface area contributed by atoms with Crippen molar-refractivity contribution in [3.8, 4) is 5.75 Å². The van der Waals surface area contributed by atoms with Crippen molar-refractivity contribution in [1.82, 2.24) is 10.1 Å². The van der Waals surface area contributed by atoms with Gasteiger partial charge in [0.15, 0.2) is 0 Å². The minimum Gasteiger partial charge on any atom is -0.508 e. The zero-order valence-electron chi connectivity index (χ0n) is 12.0. The second kappa shape index (κ2) is 7.52. The Morgan fingerprint density at radius 3 is 2.57 bits per heavy atom. The molecule has 0 heterocycles. The van der Waals surface area contributed by atoms with Crippen LogP contribution < -0.4 is 10.1 Å². The summed E-state index contributed by atoms with van der Waals surface area (Å²) in [5.41, 5.74) is 2.79. The first kappa shape index (κ1) is 16.7. The van der Waals surface area contributed by atoms with Crippen LogP contribution in [0.15, 0.2) is 64.6 Å². The molecule has 0 saturated heterocycles. The van der Waals surface area contributed by atoms with Gasteiger partial charge in [-0.15, -0.1) is 0 Å². The van der Waals surface area contributed by atoms with E-state index in [0.717, 1.165) is 0 Å². The van der Waals surface area contributed by atoms with Crippen molar-refractivity contribution >= 4 is 22.1 Å². The molecule has 0 atom stereocenters. The van der Waals surface area contributed by atoms with E-state index in [1.807, 2.05) is 0 Å². The molecule has 2 rings (SSSR count). The first-order valence-electron chi connectivity index (χ1n) is 6.63. The summed E-state index contributed by atoms with van der Waals surface area (Å²) in [5.74, 6) is -0.531. The molecule has 0 unspecified atom stereocenters. The van der Waals surface area contributed by atoms with E-state index in [0.29, 0.717) is 5.56 Å². The summed E-state index contributed by atoms with van der Waals surface area (Å²) in [5, 5.41) is 13.0. The zero-order chi connectivity index (χ0) is 16.7. The van der Waals surface area contributed by atoms with E-state index in [1.165, 1.54) is 30.5 Å². The zero-order valence-corrected chi connectivity index (χ0v) is 12.8. The average Bonchev–Trinajstić information content (AvgIpc) is 2.54. The number of phenolic OH excluding ortho intramolecular Hbond substituents is 1. The van der Waals surface area contributed by atoms with Crippen molar-refractivity contribution < 1.29 is 18.3 Å². The van der Waals surface area contributed by atoms with Crippen LogP contribution >= 0.6 is 0 Å². The summed E-state index contributed by atoms with van der Waals surface area (Å²) in [4.78, 5) is 11.7. The highest BCUT2D eigenvalue weighted by Gasteiger charge is 2.14. The minimum atomic E-state index is -3.73. The number of amides is 1. The van der Waals surface area contributed by atoms with Gasteiger partial charge in [0.1, 0.15) is 5.75 Å². The lowest BCUT2D eigenvalue weighted by Gasteiger charge is -2.05. The van der Waals surface area contributed by atoms with Gasteiger partial charge in [0.2, 0.25) is 10.0 Å². The Balaban J connectivity index is 1.86. The molecule has 0 aromatic heterocycles. The fourth-order valence-electron chi connectivity index (χ4n) is 1.67. The molecule has 0 fully saturated rings. The molecular formula is C15H15N3O4S. The maximum atomic E-state index is 11.9. The van der Waals surface area contributed by atoms with Crippen molar-refractivity contribution in [2.24, 2.45) is 5.10 Å². The van der Waals surface area contributed by atoms with Crippen LogP contribution in [0.1, 0.15) is 5.56 Å². The van der Waals surface area contributed by atoms with E-state index in [9.17, 15) is 18.3 Å². The number of hydrazone groups is 1. The third-order valence-corrected chi connectivity index (χ3v) is 4.17. The second-order valence-corrected chi connectivity index (χ2v) is 6.29. The van der Waals surface area contributed by atoms with E-state index < -0.39 is 22.5 Å². The predicted molar refractivity (Wildman–Crippen MR) is 85.5 cm³/mol. The number of hydrogen-bond donors (Lipinski definition) is 3. The predicted octanol–water partition coefficient (Wildman–Crippen LogP) is 0.821. The highest BCUT2D eigenvalue weighted by Crippen LogP contribution is 2.08. The third kappa shape index (κ3) is 5.20. The number of carbonyl (C=O) groups is 1. The maximum Gasteiger partial charge on any atom is 0.255 e. The topological polar surface area (TPSA) is 108 Å². The molecule has 23 heavy (non-hydrogen) atoms. The second-order valence-electron chi connectivity index (χ2n) is 4.53. The number of rotatable bonds is 6. The monoisotopic (exact) mass is 333 g/mol. The fraction of sp³-hybridized carbons (Fsp3) is 0.0667. The van der Waals surface area contributed by atoms with Crippen molar-refractivity contribution in [3.05, 3.63) is 60.2 Å². The molecule has 3 N–H and O–H groups in total. The number of sulfonamides is 1. The Morgan fingerprint density at radius 2 is 1.87 bits per heavy atom. The van der Waals surface area contributed by atoms with Gasteiger partial charge in [0, 0.05) is 0 Å². The van der Waals surface area contributed by atoms with Gasteiger partial charge >= 0.3 is 0 Å². The largest absolute Gasteiger partial charge is 0.508 e. The summed E-state index contributed by atoms with van der Waals surface area (Å²) in [6.45, 7) is -0.436. The smallest absolute Gasteiger partial charge is 0.255 e. The van der Waals surface area contributed by atoms with Crippen LogP contribution in [0.5, 0.6) is 5.75 Å². The molecule has 2 aromatic carbocycles. The summed E-state index contributed by atoms with van der Waals surface area (Å²) in [6, 6.07) is 14.0. The first-order valence-corrected chi connectivity index (χ1v) is 8.11. The Kier molecular flexibility index (Phi) is 5.45. The van der Waals surface area contributed by atoms with Crippen LogP contribution in [0, 0.1) is 0 Å². The van der Waals surface area contributed by atoms with Crippen LogP contribution in [0.3, 0.4) is 0 Å². The fourth-order valence-corrected chi connectivity index (χ4v) is 2.67. The molecule has 8 heteroatoms. The summed E-state index contributed by atoms with van der Waals surface area (Å²) < 4.78 is 26.0. The van der Waals surface area contributed by atoms with Gasteiger partial charge < -0.3 is 5.11 Å². The number of nitrogens with zero attached hydrogens (tertiary/aromatic N) is 1.